The van der Waals surface area contributed by atoms with Crippen molar-refractivity contribution in [3.05, 3.63) is 0 Å². The maximum Gasteiger partial charge on any atom is 0.325 e. The zero-order valence-electron chi connectivity index (χ0n) is 8.21. The molecule has 0 amide bonds. The van der Waals surface area contributed by atoms with E-state index in [0.717, 1.165) is 13.0 Å². The number of hydrogen-bond acceptors (Lipinski definition) is 4. The number of carbonyl (C=O) groups is 1. The zero-order valence-corrected chi connectivity index (χ0v) is 8.21. The Balaban J connectivity index is 2.22. The molecule has 76 valence electrons. The zero-order chi connectivity index (χ0) is 9.90. The molecule has 4 heteroatoms. The molecule has 1 atom stereocenters. The van der Waals surface area contributed by atoms with Gasteiger partial charge in [0.25, 0.3) is 0 Å². The van der Waals surface area contributed by atoms with E-state index in [1.165, 1.54) is 0 Å². The normalized spacial score (nSPS) is 23.2. The third-order valence-corrected chi connectivity index (χ3v) is 2.00. The molecular weight excluding hydrogens is 170 g/mol. The van der Waals surface area contributed by atoms with Crippen LogP contribution in [-0.2, 0) is 14.3 Å². The van der Waals surface area contributed by atoms with Crippen LogP contribution in [0.2, 0.25) is 0 Å². The van der Waals surface area contributed by atoms with Crippen LogP contribution >= 0.6 is 0 Å². The van der Waals surface area contributed by atoms with E-state index in [0.29, 0.717) is 19.1 Å². The first kappa shape index (κ1) is 10.5. The van der Waals surface area contributed by atoms with Crippen LogP contribution in [0.3, 0.4) is 0 Å². The summed E-state index contributed by atoms with van der Waals surface area (Å²) in [5, 5.41) is 0. The molecule has 4 nitrogen and oxygen atoms in total. The highest BCUT2D eigenvalue weighted by Crippen LogP contribution is 2.13. The van der Waals surface area contributed by atoms with Crippen LogP contribution in [0, 0.1) is 5.92 Å². The van der Waals surface area contributed by atoms with E-state index in [9.17, 15) is 4.79 Å². The van der Waals surface area contributed by atoms with E-state index in [4.69, 9.17) is 15.2 Å². The molecule has 1 unspecified atom stereocenters. The van der Waals surface area contributed by atoms with Gasteiger partial charge in [-0.3, -0.25) is 4.79 Å². The standard InChI is InChI=1S/C9H17NO3/c1-9(2,10)8(11)13-6-7-3-4-12-5-7/h7H,3-6,10H2,1-2H3. The number of esters is 1. The number of nitrogens with two attached hydrogens (primary N) is 1. The number of carbonyl (C=O) groups excluding carboxylic acids is 1. The lowest BCUT2D eigenvalue weighted by Crippen LogP contribution is -2.43. The highest BCUT2D eigenvalue weighted by molar-refractivity contribution is 5.79. The van der Waals surface area contributed by atoms with Gasteiger partial charge in [-0.15, -0.1) is 0 Å². The number of hydrogen-bond donors (Lipinski definition) is 1. The molecule has 2 N–H and O–H groups in total. The Kier molecular flexibility index (Phi) is 3.27. The molecule has 0 saturated carbocycles. The minimum Gasteiger partial charge on any atom is -0.464 e. The monoisotopic (exact) mass is 187 g/mol. The lowest BCUT2D eigenvalue weighted by molar-refractivity contribution is -0.150. The van der Waals surface area contributed by atoms with Crippen LogP contribution in [0.1, 0.15) is 20.3 Å². The molecule has 0 aliphatic carbocycles. The summed E-state index contributed by atoms with van der Waals surface area (Å²) in [6, 6.07) is 0. The molecular formula is C9H17NO3. The summed E-state index contributed by atoms with van der Waals surface area (Å²) in [5.41, 5.74) is 4.67. The van der Waals surface area contributed by atoms with E-state index in [-0.39, 0.29) is 5.97 Å². The Morgan fingerprint density at radius 1 is 1.69 bits per heavy atom. The fraction of sp³-hybridized carbons (Fsp3) is 0.889. The Morgan fingerprint density at radius 2 is 2.38 bits per heavy atom. The van der Waals surface area contributed by atoms with Crippen molar-refractivity contribution in [2.24, 2.45) is 11.7 Å². The fourth-order valence-corrected chi connectivity index (χ4v) is 1.09. The Bertz CT molecular complexity index is 180. The SMILES string of the molecule is CC(C)(N)C(=O)OCC1CCOC1. The predicted octanol–water partition coefficient (Wildman–Crippen LogP) is 0.303. The van der Waals surface area contributed by atoms with Crippen molar-refractivity contribution in [3.63, 3.8) is 0 Å². The summed E-state index contributed by atoms with van der Waals surface area (Å²) < 4.78 is 10.2. The smallest absolute Gasteiger partial charge is 0.325 e. The van der Waals surface area contributed by atoms with Crippen molar-refractivity contribution in [2.75, 3.05) is 19.8 Å². The fourth-order valence-electron chi connectivity index (χ4n) is 1.09. The molecule has 0 aromatic rings. The Morgan fingerprint density at radius 3 is 2.85 bits per heavy atom. The average Bonchev–Trinajstić information content (AvgIpc) is 2.50. The van der Waals surface area contributed by atoms with Crippen molar-refractivity contribution in [1.29, 1.82) is 0 Å². The van der Waals surface area contributed by atoms with Crippen molar-refractivity contribution in [1.82, 2.24) is 0 Å². The Labute approximate surface area is 78.4 Å². The summed E-state index contributed by atoms with van der Waals surface area (Å²) >= 11 is 0. The predicted molar refractivity (Wildman–Crippen MR) is 48.2 cm³/mol. The van der Waals surface area contributed by atoms with Gasteiger partial charge < -0.3 is 15.2 Å². The minimum absolute atomic E-state index is 0.348. The molecule has 1 aliphatic heterocycles. The first-order chi connectivity index (χ1) is 6.00. The first-order valence-electron chi connectivity index (χ1n) is 4.54. The third-order valence-electron chi connectivity index (χ3n) is 2.00. The molecule has 1 heterocycles. The molecule has 1 fully saturated rings. The van der Waals surface area contributed by atoms with E-state index in [1.54, 1.807) is 13.8 Å². The van der Waals surface area contributed by atoms with Gasteiger partial charge in [0, 0.05) is 12.5 Å². The molecule has 0 aromatic heterocycles. The quantitative estimate of drug-likeness (QED) is 0.646. The van der Waals surface area contributed by atoms with Gasteiger partial charge >= 0.3 is 5.97 Å². The highest BCUT2D eigenvalue weighted by Gasteiger charge is 2.25. The van der Waals surface area contributed by atoms with E-state index in [2.05, 4.69) is 0 Å². The highest BCUT2D eigenvalue weighted by atomic mass is 16.5. The minimum atomic E-state index is -0.889. The van der Waals surface area contributed by atoms with Gasteiger partial charge in [-0.2, -0.15) is 0 Å². The molecule has 1 saturated heterocycles. The van der Waals surface area contributed by atoms with Crippen LogP contribution in [-0.4, -0.2) is 31.3 Å². The van der Waals surface area contributed by atoms with Gasteiger partial charge in [0.15, 0.2) is 0 Å². The van der Waals surface area contributed by atoms with E-state index >= 15 is 0 Å². The Hall–Kier alpha value is -0.610. The summed E-state index contributed by atoms with van der Waals surface area (Å²) in [7, 11) is 0. The van der Waals surface area contributed by atoms with Crippen molar-refractivity contribution in [2.45, 2.75) is 25.8 Å². The summed E-state index contributed by atoms with van der Waals surface area (Å²) in [4.78, 5) is 11.2. The van der Waals surface area contributed by atoms with E-state index < -0.39 is 5.54 Å². The first-order valence-corrected chi connectivity index (χ1v) is 4.54. The molecule has 0 aromatic carbocycles. The summed E-state index contributed by atoms with van der Waals surface area (Å²) in [5.74, 6) is 0.00528. The van der Waals surface area contributed by atoms with E-state index in [1.807, 2.05) is 0 Å². The van der Waals surface area contributed by atoms with Crippen LogP contribution in [0.4, 0.5) is 0 Å². The van der Waals surface area contributed by atoms with Crippen LogP contribution in [0.15, 0.2) is 0 Å². The second kappa shape index (κ2) is 4.07. The number of rotatable bonds is 3. The van der Waals surface area contributed by atoms with Gasteiger partial charge in [0.1, 0.15) is 5.54 Å². The summed E-state index contributed by atoms with van der Waals surface area (Å²) in [6.07, 6.45) is 0.971. The van der Waals surface area contributed by atoms with Crippen molar-refractivity contribution < 1.29 is 14.3 Å². The average molecular weight is 187 g/mol. The summed E-state index contributed by atoms with van der Waals surface area (Å²) in [6.45, 7) is 5.17. The van der Waals surface area contributed by atoms with Gasteiger partial charge in [-0.1, -0.05) is 0 Å². The largest absolute Gasteiger partial charge is 0.464 e. The molecule has 0 radical (unpaired) electrons. The van der Waals surface area contributed by atoms with Crippen molar-refractivity contribution in [3.8, 4) is 0 Å². The van der Waals surface area contributed by atoms with Gasteiger partial charge in [-0.25, -0.2) is 0 Å². The van der Waals surface area contributed by atoms with Gasteiger partial charge in [-0.05, 0) is 20.3 Å². The van der Waals surface area contributed by atoms with Crippen LogP contribution in [0.5, 0.6) is 0 Å². The maximum absolute atomic E-state index is 11.2. The molecule has 0 bridgehead atoms. The van der Waals surface area contributed by atoms with Gasteiger partial charge in [0.05, 0.1) is 13.2 Å². The molecule has 13 heavy (non-hydrogen) atoms. The molecule has 1 aliphatic rings. The van der Waals surface area contributed by atoms with Crippen molar-refractivity contribution >= 4 is 5.97 Å². The second-order valence-corrected chi connectivity index (χ2v) is 4.05. The molecule has 0 spiro atoms. The maximum atomic E-state index is 11.2. The lowest BCUT2D eigenvalue weighted by atomic mass is 10.1. The lowest BCUT2D eigenvalue weighted by Gasteiger charge is -2.18. The topological polar surface area (TPSA) is 61.6 Å². The second-order valence-electron chi connectivity index (χ2n) is 4.05. The third kappa shape index (κ3) is 3.32. The molecule has 1 rings (SSSR count). The van der Waals surface area contributed by atoms with Gasteiger partial charge in [0.2, 0.25) is 0 Å². The van der Waals surface area contributed by atoms with Crippen LogP contribution in [0.25, 0.3) is 0 Å². The number of ether oxygens (including phenoxy) is 2. The van der Waals surface area contributed by atoms with Crippen LogP contribution < -0.4 is 5.73 Å².